The quantitative estimate of drug-likeness (QED) is 0.741. The number of hydrogen-bond acceptors (Lipinski definition) is 5. The van der Waals surface area contributed by atoms with Crippen LogP contribution in [0.4, 0.5) is 11.6 Å². The summed E-state index contributed by atoms with van der Waals surface area (Å²) in [6.07, 6.45) is 5.51. The van der Waals surface area contributed by atoms with E-state index in [-0.39, 0.29) is 0 Å². The van der Waals surface area contributed by atoms with Gasteiger partial charge in [-0.2, -0.15) is 9.61 Å². The van der Waals surface area contributed by atoms with Crippen molar-refractivity contribution in [3.63, 3.8) is 0 Å². The van der Waals surface area contributed by atoms with E-state index in [0.29, 0.717) is 17.2 Å². The largest absolute Gasteiger partial charge is 0.478 e. The highest BCUT2D eigenvalue weighted by Gasteiger charge is 2.13. The molecule has 1 N–H and O–H groups in total. The van der Waals surface area contributed by atoms with Crippen molar-refractivity contribution >= 4 is 29.3 Å². The molecule has 0 amide bonds. The Morgan fingerprint density at radius 1 is 1.27 bits per heavy atom. The molecule has 0 saturated heterocycles. The lowest BCUT2D eigenvalue weighted by Crippen LogP contribution is -2.16. The molecule has 110 valence electrons. The lowest BCUT2D eigenvalue weighted by atomic mass is 10.3. The third-order valence-electron chi connectivity index (χ3n) is 3.16. The summed E-state index contributed by atoms with van der Waals surface area (Å²) in [7, 11) is 1.88. The van der Waals surface area contributed by atoms with Gasteiger partial charge in [-0.1, -0.05) is 18.2 Å². The van der Waals surface area contributed by atoms with Gasteiger partial charge in [0.25, 0.3) is 0 Å². The van der Waals surface area contributed by atoms with E-state index in [1.807, 2.05) is 42.3 Å². The Morgan fingerprint density at radius 2 is 2.05 bits per heavy atom. The van der Waals surface area contributed by atoms with Gasteiger partial charge < -0.3 is 10.0 Å². The van der Waals surface area contributed by atoms with Crippen LogP contribution in [0.3, 0.4) is 0 Å². The Bertz CT molecular complexity index is 842. The molecule has 0 atom stereocenters. The van der Waals surface area contributed by atoms with E-state index in [1.54, 1.807) is 10.7 Å². The van der Waals surface area contributed by atoms with E-state index < -0.39 is 5.97 Å². The monoisotopic (exact) mass is 295 g/mol. The topological polar surface area (TPSA) is 83.6 Å². The van der Waals surface area contributed by atoms with E-state index in [4.69, 9.17) is 5.11 Å². The van der Waals surface area contributed by atoms with Crippen molar-refractivity contribution in [1.29, 1.82) is 0 Å². The smallest absolute Gasteiger partial charge is 0.328 e. The first-order valence-electron chi connectivity index (χ1n) is 6.55. The number of para-hydroxylation sites is 1. The number of rotatable bonds is 4. The van der Waals surface area contributed by atoms with Gasteiger partial charge in [0.05, 0.1) is 6.20 Å². The maximum absolute atomic E-state index is 10.6. The average molecular weight is 295 g/mol. The molecular weight excluding hydrogens is 282 g/mol. The van der Waals surface area contributed by atoms with Crippen LogP contribution in [0.25, 0.3) is 11.7 Å². The lowest BCUT2D eigenvalue weighted by molar-refractivity contribution is -0.131. The third kappa shape index (κ3) is 2.51. The Morgan fingerprint density at radius 3 is 2.77 bits per heavy atom. The van der Waals surface area contributed by atoms with E-state index in [1.165, 1.54) is 12.4 Å². The molecule has 0 spiro atoms. The molecule has 3 rings (SSSR count). The van der Waals surface area contributed by atoms with Crippen molar-refractivity contribution < 1.29 is 9.90 Å². The second-order valence-corrected chi connectivity index (χ2v) is 4.58. The third-order valence-corrected chi connectivity index (χ3v) is 3.16. The minimum Gasteiger partial charge on any atom is -0.478 e. The minimum atomic E-state index is -1.02. The van der Waals surface area contributed by atoms with Crippen LogP contribution in [0, 0.1) is 0 Å². The molecular formula is C15H13N5O2. The van der Waals surface area contributed by atoms with Gasteiger partial charge in [0.15, 0.2) is 5.65 Å². The van der Waals surface area contributed by atoms with Crippen molar-refractivity contribution in [2.75, 3.05) is 11.9 Å². The highest BCUT2D eigenvalue weighted by Crippen LogP contribution is 2.22. The number of fused-ring (bicyclic) bond motifs is 1. The molecule has 2 aromatic heterocycles. The Labute approximate surface area is 126 Å². The molecule has 0 fully saturated rings. The van der Waals surface area contributed by atoms with Crippen molar-refractivity contribution in [2.24, 2.45) is 0 Å². The average Bonchev–Trinajstić information content (AvgIpc) is 2.96. The molecule has 0 aliphatic carbocycles. The van der Waals surface area contributed by atoms with Gasteiger partial charge in [-0.15, -0.1) is 0 Å². The zero-order chi connectivity index (χ0) is 15.5. The van der Waals surface area contributed by atoms with Crippen LogP contribution in [-0.4, -0.2) is 37.7 Å². The second-order valence-electron chi connectivity index (χ2n) is 4.58. The van der Waals surface area contributed by atoms with Gasteiger partial charge in [0, 0.05) is 24.4 Å². The van der Waals surface area contributed by atoms with Gasteiger partial charge >= 0.3 is 5.97 Å². The summed E-state index contributed by atoms with van der Waals surface area (Å²) in [4.78, 5) is 21.0. The first-order valence-corrected chi connectivity index (χ1v) is 6.55. The fourth-order valence-corrected chi connectivity index (χ4v) is 2.09. The molecule has 1 aromatic carbocycles. The number of benzene rings is 1. The minimum absolute atomic E-state index is 0.547. The number of nitrogens with zero attached hydrogens (tertiary/aromatic N) is 5. The van der Waals surface area contributed by atoms with Gasteiger partial charge in [-0.3, -0.25) is 0 Å². The Balaban J connectivity index is 2.07. The normalized spacial score (nSPS) is 11.1. The molecule has 3 aromatic rings. The first-order chi connectivity index (χ1) is 10.7. The molecule has 0 saturated carbocycles. The molecule has 22 heavy (non-hydrogen) atoms. The van der Waals surface area contributed by atoms with Crippen LogP contribution in [0.1, 0.15) is 5.56 Å². The van der Waals surface area contributed by atoms with E-state index in [2.05, 4.69) is 15.1 Å². The summed E-state index contributed by atoms with van der Waals surface area (Å²) in [5.74, 6) is -0.429. The van der Waals surface area contributed by atoms with Crippen LogP contribution in [0.2, 0.25) is 0 Å². The van der Waals surface area contributed by atoms with Crippen LogP contribution < -0.4 is 4.90 Å². The highest BCUT2D eigenvalue weighted by atomic mass is 16.4. The summed E-state index contributed by atoms with van der Waals surface area (Å²) >= 11 is 0. The number of carboxylic acid groups (broad SMARTS) is 1. The Hall–Kier alpha value is -3.22. The van der Waals surface area contributed by atoms with Crippen LogP contribution in [-0.2, 0) is 4.79 Å². The summed E-state index contributed by atoms with van der Waals surface area (Å²) in [6.45, 7) is 0. The molecule has 2 heterocycles. The number of hydrogen-bond donors (Lipinski definition) is 1. The zero-order valence-electron chi connectivity index (χ0n) is 11.8. The van der Waals surface area contributed by atoms with Crippen LogP contribution in [0.15, 0.2) is 48.9 Å². The number of carboxylic acids is 1. The molecule has 7 heteroatoms. The van der Waals surface area contributed by atoms with E-state index in [0.717, 1.165) is 11.8 Å². The molecule has 7 nitrogen and oxygen atoms in total. The molecule has 0 bridgehead atoms. The predicted molar refractivity (Wildman–Crippen MR) is 82.0 cm³/mol. The number of anilines is 2. The fourth-order valence-electron chi connectivity index (χ4n) is 2.09. The SMILES string of the molecule is CN(c1ccccc1)c1ncnc2c(C=CC(=O)O)cnn12. The number of carbonyl (C=O) groups is 1. The molecule has 0 aliphatic heterocycles. The molecule has 0 radical (unpaired) electrons. The highest BCUT2D eigenvalue weighted by molar-refractivity contribution is 5.86. The number of aliphatic carboxylic acids is 1. The summed E-state index contributed by atoms with van der Waals surface area (Å²) in [5.41, 5.74) is 2.12. The van der Waals surface area contributed by atoms with Crippen molar-refractivity contribution in [3.05, 3.63) is 54.5 Å². The molecule has 0 unspecified atom stereocenters. The van der Waals surface area contributed by atoms with Crippen LogP contribution in [0.5, 0.6) is 0 Å². The van der Waals surface area contributed by atoms with Crippen LogP contribution >= 0.6 is 0 Å². The number of aromatic nitrogens is 4. The lowest BCUT2D eigenvalue weighted by Gasteiger charge is -2.18. The standard InChI is InChI=1S/C15H13N5O2/c1-19(12-5-3-2-4-6-12)15-17-10-16-14-11(7-8-13(21)22)9-18-20(14)15/h2-10H,1H3,(H,21,22). The van der Waals surface area contributed by atoms with Crippen molar-refractivity contribution in [3.8, 4) is 0 Å². The van der Waals surface area contributed by atoms with Gasteiger partial charge in [-0.05, 0) is 18.2 Å². The summed E-state index contributed by atoms with van der Waals surface area (Å²) in [5, 5.41) is 13.0. The van der Waals surface area contributed by atoms with Gasteiger partial charge in [-0.25, -0.2) is 14.8 Å². The summed E-state index contributed by atoms with van der Waals surface area (Å²) < 4.78 is 1.58. The second kappa shape index (κ2) is 5.65. The predicted octanol–water partition coefficient (Wildman–Crippen LogP) is 1.99. The summed E-state index contributed by atoms with van der Waals surface area (Å²) in [6, 6.07) is 9.74. The molecule has 0 aliphatic rings. The van der Waals surface area contributed by atoms with Crippen molar-refractivity contribution in [1.82, 2.24) is 19.6 Å². The fraction of sp³-hybridized carbons (Fsp3) is 0.0667. The van der Waals surface area contributed by atoms with Gasteiger partial charge in [0.1, 0.15) is 6.33 Å². The maximum atomic E-state index is 10.6. The van der Waals surface area contributed by atoms with E-state index >= 15 is 0 Å². The van der Waals surface area contributed by atoms with E-state index in [9.17, 15) is 4.79 Å². The van der Waals surface area contributed by atoms with Crippen molar-refractivity contribution in [2.45, 2.75) is 0 Å². The first kappa shape index (κ1) is 13.7. The van der Waals surface area contributed by atoms with Gasteiger partial charge in [0.2, 0.25) is 5.95 Å². The maximum Gasteiger partial charge on any atom is 0.328 e. The zero-order valence-corrected chi connectivity index (χ0v) is 11.8. The Kier molecular flexibility index (Phi) is 3.53.